The predicted octanol–water partition coefficient (Wildman–Crippen LogP) is 3.46. The summed E-state index contributed by atoms with van der Waals surface area (Å²) in [5.74, 6) is 0.736. The van der Waals surface area contributed by atoms with Gasteiger partial charge in [-0.2, -0.15) is 5.10 Å². The molecule has 0 aromatic carbocycles. The lowest BCUT2D eigenvalue weighted by Gasteiger charge is -2.10. The Bertz CT molecular complexity index is 550. The first-order valence-corrected chi connectivity index (χ1v) is 6.92. The minimum Gasteiger partial charge on any atom is -0.453 e. The molecule has 0 amide bonds. The molecule has 0 bridgehead atoms. The van der Waals surface area contributed by atoms with Crippen LogP contribution in [0, 0.1) is 6.92 Å². The van der Waals surface area contributed by atoms with Gasteiger partial charge in [0.15, 0.2) is 4.67 Å². The third kappa shape index (κ3) is 2.63. The van der Waals surface area contributed by atoms with Crippen molar-refractivity contribution in [3.63, 3.8) is 0 Å². The van der Waals surface area contributed by atoms with Crippen molar-refractivity contribution in [2.24, 2.45) is 5.73 Å². The van der Waals surface area contributed by atoms with E-state index >= 15 is 0 Å². The second-order valence-electron chi connectivity index (χ2n) is 4.11. The SMILES string of the molecule is CCn1nc(C)c(Cl)c1CC(N)c1ccc(Br)o1. The topological polar surface area (TPSA) is 57.0 Å². The number of aromatic nitrogens is 2. The van der Waals surface area contributed by atoms with Gasteiger partial charge in [-0.05, 0) is 41.9 Å². The zero-order valence-corrected chi connectivity index (χ0v) is 12.6. The first kappa shape index (κ1) is 13.6. The van der Waals surface area contributed by atoms with Crippen LogP contribution < -0.4 is 5.73 Å². The van der Waals surface area contributed by atoms with Gasteiger partial charge in [-0.1, -0.05) is 11.6 Å². The molecule has 1 atom stereocenters. The lowest BCUT2D eigenvalue weighted by atomic mass is 10.1. The second-order valence-corrected chi connectivity index (χ2v) is 5.27. The Balaban J connectivity index is 2.23. The molecule has 0 aliphatic heterocycles. The van der Waals surface area contributed by atoms with Crippen LogP contribution >= 0.6 is 27.5 Å². The molecule has 0 aliphatic carbocycles. The van der Waals surface area contributed by atoms with Crippen LogP contribution in [-0.4, -0.2) is 9.78 Å². The first-order chi connectivity index (χ1) is 8.52. The zero-order chi connectivity index (χ0) is 13.3. The molecule has 2 N–H and O–H groups in total. The summed E-state index contributed by atoms with van der Waals surface area (Å²) in [6.45, 7) is 4.70. The van der Waals surface area contributed by atoms with Crippen molar-refractivity contribution < 1.29 is 4.42 Å². The van der Waals surface area contributed by atoms with Gasteiger partial charge in [-0.3, -0.25) is 4.68 Å². The van der Waals surface area contributed by atoms with Gasteiger partial charge in [-0.25, -0.2) is 0 Å². The Morgan fingerprint density at radius 2 is 2.28 bits per heavy atom. The molecule has 98 valence electrons. The van der Waals surface area contributed by atoms with Gasteiger partial charge in [0, 0.05) is 13.0 Å². The molecule has 0 spiro atoms. The van der Waals surface area contributed by atoms with Gasteiger partial charge in [-0.15, -0.1) is 0 Å². The maximum Gasteiger partial charge on any atom is 0.169 e. The second kappa shape index (κ2) is 5.47. The summed E-state index contributed by atoms with van der Waals surface area (Å²) in [5.41, 5.74) is 7.92. The number of rotatable bonds is 4. The van der Waals surface area contributed by atoms with E-state index < -0.39 is 0 Å². The van der Waals surface area contributed by atoms with E-state index in [4.69, 9.17) is 21.8 Å². The molecule has 18 heavy (non-hydrogen) atoms. The molecule has 2 heterocycles. The van der Waals surface area contributed by atoms with Crippen LogP contribution in [0.5, 0.6) is 0 Å². The van der Waals surface area contributed by atoms with Crippen LogP contribution in [0.25, 0.3) is 0 Å². The molecule has 6 heteroatoms. The van der Waals surface area contributed by atoms with Crippen LogP contribution in [0.2, 0.25) is 5.02 Å². The van der Waals surface area contributed by atoms with Crippen molar-refractivity contribution in [2.75, 3.05) is 0 Å². The highest BCUT2D eigenvalue weighted by atomic mass is 79.9. The van der Waals surface area contributed by atoms with Gasteiger partial charge in [0.25, 0.3) is 0 Å². The number of hydrogen-bond donors (Lipinski definition) is 1. The first-order valence-electron chi connectivity index (χ1n) is 5.75. The van der Waals surface area contributed by atoms with Crippen molar-refractivity contribution >= 4 is 27.5 Å². The molecule has 2 aromatic rings. The molecule has 4 nitrogen and oxygen atoms in total. The summed E-state index contributed by atoms with van der Waals surface area (Å²) in [6.07, 6.45) is 0.605. The Labute approximate surface area is 119 Å². The minimum absolute atomic E-state index is 0.227. The van der Waals surface area contributed by atoms with E-state index in [0.29, 0.717) is 16.1 Å². The van der Waals surface area contributed by atoms with Crippen LogP contribution in [0.15, 0.2) is 21.2 Å². The van der Waals surface area contributed by atoms with Gasteiger partial charge in [0.1, 0.15) is 5.76 Å². The average molecular weight is 333 g/mol. The van der Waals surface area contributed by atoms with E-state index in [9.17, 15) is 0 Å². The lowest BCUT2D eigenvalue weighted by molar-refractivity contribution is 0.441. The Morgan fingerprint density at radius 3 is 2.83 bits per heavy atom. The van der Waals surface area contributed by atoms with E-state index in [0.717, 1.165) is 23.7 Å². The molecule has 2 aromatic heterocycles. The van der Waals surface area contributed by atoms with E-state index in [2.05, 4.69) is 21.0 Å². The lowest BCUT2D eigenvalue weighted by Crippen LogP contribution is -2.15. The Morgan fingerprint density at radius 1 is 1.56 bits per heavy atom. The fourth-order valence-corrected chi connectivity index (χ4v) is 2.43. The van der Waals surface area contributed by atoms with Crippen LogP contribution in [-0.2, 0) is 13.0 Å². The van der Waals surface area contributed by atoms with E-state index in [1.165, 1.54) is 0 Å². The molecular weight excluding hydrogens is 318 g/mol. The van der Waals surface area contributed by atoms with Crippen LogP contribution in [0.1, 0.15) is 30.1 Å². The third-order valence-corrected chi connectivity index (χ3v) is 3.74. The van der Waals surface area contributed by atoms with Crippen LogP contribution in [0.4, 0.5) is 0 Å². The quantitative estimate of drug-likeness (QED) is 0.932. The fraction of sp³-hybridized carbons (Fsp3) is 0.417. The van der Waals surface area contributed by atoms with Crippen molar-refractivity contribution in [1.29, 1.82) is 0 Å². The molecule has 1 unspecified atom stereocenters. The van der Waals surface area contributed by atoms with E-state index in [1.54, 1.807) is 0 Å². The highest BCUT2D eigenvalue weighted by molar-refractivity contribution is 9.10. The summed E-state index contributed by atoms with van der Waals surface area (Å²) >= 11 is 9.52. The molecule has 0 aliphatic rings. The minimum atomic E-state index is -0.227. The number of nitrogens with two attached hydrogens (primary N) is 1. The summed E-state index contributed by atoms with van der Waals surface area (Å²) in [7, 11) is 0. The van der Waals surface area contributed by atoms with Crippen molar-refractivity contribution in [3.05, 3.63) is 39.0 Å². The largest absolute Gasteiger partial charge is 0.453 e. The van der Waals surface area contributed by atoms with Gasteiger partial charge >= 0.3 is 0 Å². The molecule has 0 fully saturated rings. The Hall–Kier alpha value is -0.780. The predicted molar refractivity (Wildman–Crippen MR) is 74.7 cm³/mol. The van der Waals surface area contributed by atoms with Gasteiger partial charge < -0.3 is 10.2 Å². The molecule has 0 saturated carbocycles. The van der Waals surface area contributed by atoms with Gasteiger partial charge in [0.2, 0.25) is 0 Å². The number of hydrogen-bond acceptors (Lipinski definition) is 3. The summed E-state index contributed by atoms with van der Waals surface area (Å²) in [4.78, 5) is 0. The maximum atomic E-state index is 6.25. The summed E-state index contributed by atoms with van der Waals surface area (Å²) < 4.78 is 8.02. The number of nitrogens with zero attached hydrogens (tertiary/aromatic N) is 2. The smallest absolute Gasteiger partial charge is 0.169 e. The highest BCUT2D eigenvalue weighted by Crippen LogP contribution is 2.26. The standard InChI is InChI=1S/C12H15BrClN3O/c1-3-17-9(12(14)7(2)16-17)6-8(15)10-4-5-11(13)18-10/h4-5,8H,3,6,15H2,1-2H3. The summed E-state index contributed by atoms with van der Waals surface area (Å²) in [6, 6.07) is 3.47. The summed E-state index contributed by atoms with van der Waals surface area (Å²) in [5, 5.41) is 5.06. The van der Waals surface area contributed by atoms with E-state index in [1.807, 2.05) is 30.7 Å². The molecular formula is C12H15BrClN3O. The monoisotopic (exact) mass is 331 g/mol. The third-order valence-electron chi connectivity index (χ3n) is 2.83. The highest BCUT2D eigenvalue weighted by Gasteiger charge is 2.18. The maximum absolute atomic E-state index is 6.25. The normalized spacial score (nSPS) is 12.9. The average Bonchev–Trinajstić information content (AvgIpc) is 2.88. The van der Waals surface area contributed by atoms with Crippen molar-refractivity contribution in [3.8, 4) is 0 Å². The molecule has 2 rings (SSSR count). The molecule has 0 radical (unpaired) electrons. The fourth-order valence-electron chi connectivity index (χ4n) is 1.90. The van der Waals surface area contributed by atoms with Crippen LogP contribution in [0.3, 0.4) is 0 Å². The number of furan rings is 1. The number of aryl methyl sites for hydroxylation is 2. The zero-order valence-electron chi connectivity index (χ0n) is 10.3. The van der Waals surface area contributed by atoms with Crippen molar-refractivity contribution in [1.82, 2.24) is 9.78 Å². The Kier molecular flexibility index (Phi) is 4.14. The number of halogens is 2. The van der Waals surface area contributed by atoms with Gasteiger partial charge in [0.05, 0.1) is 22.5 Å². The van der Waals surface area contributed by atoms with Crippen molar-refractivity contribution in [2.45, 2.75) is 32.9 Å². The van der Waals surface area contributed by atoms with E-state index in [-0.39, 0.29) is 6.04 Å². The molecule has 0 saturated heterocycles.